The van der Waals surface area contributed by atoms with Crippen molar-refractivity contribution in [2.24, 2.45) is 5.41 Å². The SMILES string of the molecule is CCC1c2cc(C(C)(C)C)ccc2N2c3ccc(C#N)cc3N(c3ccccc3C)C2C1(CC)CC. The van der Waals surface area contributed by atoms with Gasteiger partial charge in [0, 0.05) is 16.8 Å². The predicted molar refractivity (Wildman–Crippen MR) is 152 cm³/mol. The summed E-state index contributed by atoms with van der Waals surface area (Å²) in [7, 11) is 0. The Morgan fingerprint density at radius 3 is 2.11 bits per heavy atom. The van der Waals surface area contributed by atoms with Crippen molar-refractivity contribution in [2.75, 3.05) is 9.80 Å². The summed E-state index contributed by atoms with van der Waals surface area (Å²) < 4.78 is 0. The molecule has 2 heterocycles. The molecule has 0 saturated heterocycles. The molecular formula is C33H39N3. The molecule has 0 aromatic heterocycles. The van der Waals surface area contributed by atoms with Gasteiger partial charge in [0.15, 0.2) is 0 Å². The van der Waals surface area contributed by atoms with Gasteiger partial charge in [0.2, 0.25) is 0 Å². The number of para-hydroxylation sites is 1. The Bertz CT molecular complexity index is 1340. The van der Waals surface area contributed by atoms with Crippen LogP contribution in [0.25, 0.3) is 0 Å². The minimum Gasteiger partial charge on any atom is -0.317 e. The van der Waals surface area contributed by atoms with Crippen LogP contribution in [-0.2, 0) is 5.41 Å². The molecule has 0 saturated carbocycles. The second kappa shape index (κ2) is 8.70. The van der Waals surface area contributed by atoms with Gasteiger partial charge in [-0.15, -0.1) is 0 Å². The first kappa shape index (κ1) is 24.4. The zero-order chi connectivity index (χ0) is 25.8. The van der Waals surface area contributed by atoms with Gasteiger partial charge >= 0.3 is 0 Å². The van der Waals surface area contributed by atoms with Crippen LogP contribution < -0.4 is 9.80 Å². The summed E-state index contributed by atoms with van der Waals surface area (Å²) >= 11 is 0. The molecule has 2 atom stereocenters. The molecule has 3 heteroatoms. The van der Waals surface area contributed by atoms with Gasteiger partial charge < -0.3 is 9.80 Å². The van der Waals surface area contributed by atoms with E-state index in [0.29, 0.717) is 11.5 Å². The van der Waals surface area contributed by atoms with Crippen LogP contribution in [0.5, 0.6) is 0 Å². The van der Waals surface area contributed by atoms with Crippen LogP contribution >= 0.6 is 0 Å². The molecule has 0 N–H and O–H groups in total. The molecule has 2 unspecified atom stereocenters. The molecule has 2 aliphatic rings. The first-order valence-corrected chi connectivity index (χ1v) is 13.5. The van der Waals surface area contributed by atoms with E-state index in [4.69, 9.17) is 0 Å². The zero-order valence-electron chi connectivity index (χ0n) is 22.9. The Kier molecular flexibility index (Phi) is 5.91. The normalized spacial score (nSPS) is 19.9. The van der Waals surface area contributed by atoms with E-state index in [1.807, 2.05) is 6.07 Å². The molecule has 2 aliphatic heterocycles. The Morgan fingerprint density at radius 2 is 1.50 bits per heavy atom. The molecule has 0 spiro atoms. The number of aryl methyl sites for hydroxylation is 1. The fourth-order valence-corrected chi connectivity index (χ4v) is 6.98. The maximum Gasteiger partial charge on any atom is 0.117 e. The monoisotopic (exact) mass is 477 g/mol. The number of nitrogens with zero attached hydrogens (tertiary/aromatic N) is 3. The summed E-state index contributed by atoms with van der Waals surface area (Å²) in [5.74, 6) is 0.447. The lowest BCUT2D eigenvalue weighted by molar-refractivity contribution is 0.143. The summed E-state index contributed by atoms with van der Waals surface area (Å²) in [6.07, 6.45) is 3.43. The number of benzene rings is 3. The summed E-state index contributed by atoms with van der Waals surface area (Å²) in [6, 6.07) is 24.5. The number of fused-ring (bicyclic) bond motifs is 5. The topological polar surface area (TPSA) is 30.3 Å². The second-order valence-corrected chi connectivity index (χ2v) is 11.6. The zero-order valence-corrected chi connectivity index (χ0v) is 22.9. The van der Waals surface area contributed by atoms with Gasteiger partial charge in [-0.25, -0.2) is 0 Å². The van der Waals surface area contributed by atoms with Crippen molar-refractivity contribution >= 4 is 22.7 Å². The average Bonchev–Trinajstić information content (AvgIpc) is 3.22. The van der Waals surface area contributed by atoms with E-state index in [1.165, 1.54) is 33.8 Å². The van der Waals surface area contributed by atoms with Gasteiger partial charge in [0.25, 0.3) is 0 Å². The van der Waals surface area contributed by atoms with Crippen molar-refractivity contribution in [3.63, 3.8) is 0 Å². The van der Waals surface area contributed by atoms with Crippen LogP contribution in [0.2, 0.25) is 0 Å². The average molecular weight is 478 g/mol. The Labute approximate surface area is 217 Å². The highest BCUT2D eigenvalue weighted by molar-refractivity contribution is 5.92. The maximum atomic E-state index is 9.80. The smallest absolute Gasteiger partial charge is 0.117 e. The Hall–Kier alpha value is -3.25. The van der Waals surface area contributed by atoms with Gasteiger partial charge in [-0.3, -0.25) is 0 Å². The summed E-state index contributed by atoms with van der Waals surface area (Å²) in [6.45, 7) is 16.2. The van der Waals surface area contributed by atoms with Crippen LogP contribution in [0.1, 0.15) is 89.0 Å². The van der Waals surface area contributed by atoms with Crippen LogP contribution in [0.4, 0.5) is 22.7 Å². The minimum atomic E-state index is 0.0480. The van der Waals surface area contributed by atoms with E-state index in [-0.39, 0.29) is 17.0 Å². The van der Waals surface area contributed by atoms with Crippen LogP contribution in [-0.4, -0.2) is 6.17 Å². The second-order valence-electron chi connectivity index (χ2n) is 11.6. The summed E-state index contributed by atoms with van der Waals surface area (Å²) in [4.78, 5) is 5.16. The number of rotatable bonds is 4. The molecule has 186 valence electrons. The lowest BCUT2D eigenvalue weighted by Gasteiger charge is -2.55. The van der Waals surface area contributed by atoms with E-state index < -0.39 is 0 Å². The van der Waals surface area contributed by atoms with Gasteiger partial charge in [-0.05, 0) is 84.5 Å². The molecule has 0 amide bonds. The molecule has 3 nitrogen and oxygen atoms in total. The number of nitriles is 1. The maximum absolute atomic E-state index is 9.80. The lowest BCUT2D eigenvalue weighted by Crippen LogP contribution is -2.57. The number of anilines is 4. The van der Waals surface area contributed by atoms with Gasteiger partial charge in [0.05, 0.1) is 23.0 Å². The number of hydrogen-bond acceptors (Lipinski definition) is 3. The summed E-state index contributed by atoms with van der Waals surface area (Å²) in [5, 5.41) is 9.80. The third kappa shape index (κ3) is 3.38. The molecule has 3 aromatic carbocycles. The molecule has 0 bridgehead atoms. The highest BCUT2D eigenvalue weighted by Crippen LogP contribution is 2.63. The molecule has 0 aliphatic carbocycles. The first-order valence-electron chi connectivity index (χ1n) is 13.5. The van der Waals surface area contributed by atoms with Crippen molar-refractivity contribution in [2.45, 2.75) is 85.2 Å². The van der Waals surface area contributed by atoms with E-state index in [0.717, 1.165) is 24.9 Å². The van der Waals surface area contributed by atoms with E-state index in [9.17, 15) is 5.26 Å². The largest absolute Gasteiger partial charge is 0.317 e. The molecule has 5 rings (SSSR count). The molecule has 36 heavy (non-hydrogen) atoms. The Balaban J connectivity index is 1.87. The van der Waals surface area contributed by atoms with Crippen molar-refractivity contribution in [3.05, 3.63) is 82.9 Å². The summed E-state index contributed by atoms with van der Waals surface area (Å²) in [5.41, 5.74) is 9.89. The van der Waals surface area contributed by atoms with Crippen LogP contribution in [0.15, 0.2) is 60.7 Å². The standard InChI is InChI=1S/C33H39N3/c1-8-26-25-20-24(32(5,6)7)16-18-28(25)36-29-17-15-23(21-34)19-30(29)35(27-14-12-11-13-22(27)4)31(36)33(26,9-2)10-3/h11-20,26,31H,8-10H2,1-7H3. The van der Waals surface area contributed by atoms with Crippen molar-refractivity contribution in [3.8, 4) is 6.07 Å². The van der Waals surface area contributed by atoms with Crippen molar-refractivity contribution < 1.29 is 0 Å². The van der Waals surface area contributed by atoms with E-state index >= 15 is 0 Å². The predicted octanol–water partition coefficient (Wildman–Crippen LogP) is 9.09. The highest BCUT2D eigenvalue weighted by atomic mass is 15.4. The minimum absolute atomic E-state index is 0.0480. The van der Waals surface area contributed by atoms with Crippen molar-refractivity contribution in [1.82, 2.24) is 0 Å². The lowest BCUT2D eigenvalue weighted by atomic mass is 9.61. The third-order valence-corrected chi connectivity index (χ3v) is 8.95. The third-order valence-electron chi connectivity index (χ3n) is 8.95. The van der Waals surface area contributed by atoms with Gasteiger partial charge in [-0.1, -0.05) is 71.9 Å². The molecule has 3 aromatic rings. The highest BCUT2D eigenvalue weighted by Gasteiger charge is 2.56. The van der Waals surface area contributed by atoms with Gasteiger partial charge in [0.1, 0.15) is 6.17 Å². The van der Waals surface area contributed by atoms with E-state index in [2.05, 4.69) is 119 Å². The molecular weight excluding hydrogens is 438 g/mol. The van der Waals surface area contributed by atoms with Crippen LogP contribution in [0.3, 0.4) is 0 Å². The molecule has 0 radical (unpaired) electrons. The fourth-order valence-electron chi connectivity index (χ4n) is 6.98. The van der Waals surface area contributed by atoms with E-state index in [1.54, 1.807) is 0 Å². The number of hydrogen-bond donors (Lipinski definition) is 0. The fraction of sp³-hybridized carbons (Fsp3) is 0.424. The quantitative estimate of drug-likeness (QED) is 0.375. The van der Waals surface area contributed by atoms with Crippen molar-refractivity contribution in [1.29, 1.82) is 5.26 Å². The van der Waals surface area contributed by atoms with Crippen LogP contribution in [0, 0.1) is 23.7 Å². The molecule has 0 fully saturated rings. The first-order chi connectivity index (χ1) is 17.2. The van der Waals surface area contributed by atoms with Gasteiger partial charge in [-0.2, -0.15) is 5.26 Å². The Morgan fingerprint density at radius 1 is 0.833 bits per heavy atom.